The maximum atomic E-state index is 6.06. The van der Waals surface area contributed by atoms with Gasteiger partial charge in [-0.15, -0.1) is 0 Å². The Hall–Kier alpha value is -1.10. The second-order valence-corrected chi connectivity index (χ2v) is 6.11. The van der Waals surface area contributed by atoms with Crippen molar-refractivity contribution in [2.45, 2.75) is 24.5 Å². The van der Waals surface area contributed by atoms with Crippen LogP contribution < -0.4 is 5.32 Å². The minimum atomic E-state index is 0.251. The number of hydrogen-bond acceptors (Lipinski definition) is 4. The minimum Gasteiger partial charge on any atom is -0.384 e. The molecule has 1 aromatic carbocycles. The van der Waals surface area contributed by atoms with Crippen molar-refractivity contribution in [3.05, 3.63) is 29.8 Å². The second kappa shape index (κ2) is 5.02. The largest absolute Gasteiger partial charge is 0.384 e. The fourth-order valence-electron chi connectivity index (χ4n) is 3.85. The Morgan fingerprint density at radius 2 is 2.00 bits per heavy atom. The SMILES string of the molecule is c1ccc2c(c1)NCC21CCOC(N2CCOCC2)C1. The lowest BCUT2D eigenvalue weighted by molar-refractivity contribution is -0.131. The van der Waals surface area contributed by atoms with Gasteiger partial charge in [-0.05, 0) is 24.5 Å². The molecular formula is C16H22N2O2. The summed E-state index contributed by atoms with van der Waals surface area (Å²) in [5.41, 5.74) is 3.06. The molecular weight excluding hydrogens is 252 g/mol. The number of anilines is 1. The molecule has 1 spiro atoms. The fourth-order valence-corrected chi connectivity index (χ4v) is 3.85. The predicted molar refractivity (Wildman–Crippen MR) is 78.0 cm³/mol. The molecule has 2 unspecified atom stereocenters. The predicted octanol–water partition coefficient (Wildman–Crippen LogP) is 1.82. The quantitative estimate of drug-likeness (QED) is 0.847. The van der Waals surface area contributed by atoms with E-state index < -0.39 is 0 Å². The number of para-hydroxylation sites is 1. The van der Waals surface area contributed by atoms with Crippen molar-refractivity contribution in [2.75, 3.05) is 44.8 Å². The third-order valence-corrected chi connectivity index (χ3v) is 5.02. The summed E-state index contributed by atoms with van der Waals surface area (Å²) in [6.45, 7) is 5.57. The molecule has 4 nitrogen and oxygen atoms in total. The average Bonchev–Trinajstić information content (AvgIpc) is 2.87. The summed E-state index contributed by atoms with van der Waals surface area (Å²) in [5, 5.41) is 3.59. The summed E-state index contributed by atoms with van der Waals surface area (Å²) >= 11 is 0. The number of nitrogens with one attached hydrogen (secondary N) is 1. The van der Waals surface area contributed by atoms with Crippen LogP contribution in [0.15, 0.2) is 24.3 Å². The molecule has 2 saturated heterocycles. The average molecular weight is 274 g/mol. The molecule has 2 fully saturated rings. The van der Waals surface area contributed by atoms with Gasteiger partial charge in [-0.2, -0.15) is 0 Å². The van der Waals surface area contributed by atoms with Crippen molar-refractivity contribution in [3.8, 4) is 0 Å². The van der Waals surface area contributed by atoms with Crippen molar-refractivity contribution in [1.82, 2.24) is 4.90 Å². The molecule has 0 saturated carbocycles. The molecule has 4 rings (SSSR count). The van der Waals surface area contributed by atoms with Crippen LogP contribution in [0.3, 0.4) is 0 Å². The molecule has 0 aromatic heterocycles. The molecule has 0 aliphatic carbocycles. The van der Waals surface area contributed by atoms with Gasteiger partial charge in [-0.1, -0.05) is 18.2 Å². The highest BCUT2D eigenvalue weighted by atomic mass is 16.5. The van der Waals surface area contributed by atoms with Gasteiger partial charge in [0, 0.05) is 37.3 Å². The summed E-state index contributed by atoms with van der Waals surface area (Å²) in [6.07, 6.45) is 2.47. The first-order valence-electron chi connectivity index (χ1n) is 7.64. The Morgan fingerprint density at radius 1 is 1.15 bits per heavy atom. The van der Waals surface area contributed by atoms with Crippen LogP contribution >= 0.6 is 0 Å². The van der Waals surface area contributed by atoms with Gasteiger partial charge in [-0.3, -0.25) is 4.90 Å². The van der Waals surface area contributed by atoms with Crippen molar-refractivity contribution >= 4 is 5.69 Å². The lowest BCUT2D eigenvalue weighted by Gasteiger charge is -2.43. The van der Waals surface area contributed by atoms with Gasteiger partial charge in [0.15, 0.2) is 0 Å². The lowest BCUT2D eigenvalue weighted by Crippen LogP contribution is -2.51. The topological polar surface area (TPSA) is 33.7 Å². The zero-order chi connectivity index (χ0) is 13.4. The van der Waals surface area contributed by atoms with Crippen LogP contribution in [0.1, 0.15) is 18.4 Å². The van der Waals surface area contributed by atoms with E-state index in [4.69, 9.17) is 9.47 Å². The van der Waals surface area contributed by atoms with Gasteiger partial charge >= 0.3 is 0 Å². The molecule has 1 N–H and O–H groups in total. The number of rotatable bonds is 1. The Balaban J connectivity index is 1.57. The van der Waals surface area contributed by atoms with Gasteiger partial charge < -0.3 is 14.8 Å². The van der Waals surface area contributed by atoms with Gasteiger partial charge in [0.25, 0.3) is 0 Å². The van der Waals surface area contributed by atoms with Crippen LogP contribution in [0.4, 0.5) is 5.69 Å². The third-order valence-electron chi connectivity index (χ3n) is 5.02. The molecule has 3 heterocycles. The van der Waals surface area contributed by atoms with E-state index in [1.165, 1.54) is 11.3 Å². The Bertz CT molecular complexity index is 483. The van der Waals surface area contributed by atoms with Crippen molar-refractivity contribution in [2.24, 2.45) is 0 Å². The highest BCUT2D eigenvalue weighted by molar-refractivity contribution is 5.60. The summed E-state index contributed by atoms with van der Waals surface area (Å²) in [6, 6.07) is 8.76. The van der Waals surface area contributed by atoms with E-state index in [1.807, 2.05) is 0 Å². The highest BCUT2D eigenvalue weighted by Gasteiger charge is 2.44. The van der Waals surface area contributed by atoms with Gasteiger partial charge in [-0.25, -0.2) is 0 Å². The van der Waals surface area contributed by atoms with Crippen LogP contribution in [-0.4, -0.2) is 50.6 Å². The first kappa shape index (κ1) is 12.6. The number of nitrogens with zero attached hydrogens (tertiary/aromatic N) is 1. The first-order valence-corrected chi connectivity index (χ1v) is 7.64. The summed E-state index contributed by atoms with van der Waals surface area (Å²) in [5.74, 6) is 0. The van der Waals surface area contributed by atoms with Gasteiger partial charge in [0.2, 0.25) is 0 Å². The van der Waals surface area contributed by atoms with E-state index >= 15 is 0 Å². The van der Waals surface area contributed by atoms with E-state index in [1.54, 1.807) is 0 Å². The normalized spacial score (nSPS) is 33.9. The third kappa shape index (κ3) is 2.03. The van der Waals surface area contributed by atoms with Crippen molar-refractivity contribution in [3.63, 3.8) is 0 Å². The molecule has 2 atom stereocenters. The maximum absolute atomic E-state index is 6.06. The smallest absolute Gasteiger partial charge is 0.111 e. The second-order valence-electron chi connectivity index (χ2n) is 6.11. The Morgan fingerprint density at radius 3 is 2.90 bits per heavy atom. The Kier molecular flexibility index (Phi) is 3.17. The van der Waals surface area contributed by atoms with Crippen LogP contribution in [0.2, 0.25) is 0 Å². The minimum absolute atomic E-state index is 0.251. The first-order chi connectivity index (χ1) is 9.87. The van der Waals surface area contributed by atoms with E-state index in [0.29, 0.717) is 0 Å². The molecule has 3 aliphatic heterocycles. The monoisotopic (exact) mass is 274 g/mol. The number of hydrogen-bond donors (Lipinski definition) is 1. The fraction of sp³-hybridized carbons (Fsp3) is 0.625. The Labute approximate surface area is 120 Å². The van der Waals surface area contributed by atoms with Crippen LogP contribution in [0, 0.1) is 0 Å². The standard InChI is InChI=1S/C16H22N2O2/c1-2-4-14-13(3-1)16(12-17-14)5-8-20-15(11-16)18-6-9-19-10-7-18/h1-4,15,17H,5-12H2. The molecule has 20 heavy (non-hydrogen) atoms. The molecule has 1 aromatic rings. The number of fused-ring (bicyclic) bond motifs is 2. The molecule has 0 bridgehead atoms. The van der Waals surface area contributed by atoms with Crippen LogP contribution in [0.5, 0.6) is 0 Å². The van der Waals surface area contributed by atoms with Crippen LogP contribution in [-0.2, 0) is 14.9 Å². The zero-order valence-corrected chi connectivity index (χ0v) is 11.8. The van der Waals surface area contributed by atoms with E-state index in [9.17, 15) is 0 Å². The van der Waals surface area contributed by atoms with Gasteiger partial charge in [0.05, 0.1) is 13.2 Å². The molecule has 108 valence electrons. The number of ether oxygens (including phenoxy) is 2. The van der Waals surface area contributed by atoms with E-state index in [-0.39, 0.29) is 11.6 Å². The molecule has 3 aliphatic rings. The van der Waals surface area contributed by atoms with Crippen molar-refractivity contribution < 1.29 is 9.47 Å². The highest BCUT2D eigenvalue weighted by Crippen LogP contribution is 2.45. The van der Waals surface area contributed by atoms with E-state index in [0.717, 1.165) is 52.3 Å². The van der Waals surface area contributed by atoms with E-state index in [2.05, 4.69) is 34.5 Å². The maximum Gasteiger partial charge on any atom is 0.111 e. The lowest BCUT2D eigenvalue weighted by atomic mass is 9.75. The molecule has 4 heteroatoms. The van der Waals surface area contributed by atoms with Gasteiger partial charge in [0.1, 0.15) is 6.23 Å². The number of benzene rings is 1. The summed E-state index contributed by atoms with van der Waals surface area (Å²) < 4.78 is 11.5. The summed E-state index contributed by atoms with van der Waals surface area (Å²) in [4.78, 5) is 2.45. The van der Waals surface area contributed by atoms with Crippen molar-refractivity contribution in [1.29, 1.82) is 0 Å². The zero-order valence-electron chi connectivity index (χ0n) is 11.8. The summed E-state index contributed by atoms with van der Waals surface area (Å²) in [7, 11) is 0. The molecule has 0 amide bonds. The molecule has 0 radical (unpaired) electrons. The number of morpholine rings is 1. The van der Waals surface area contributed by atoms with Crippen LogP contribution in [0.25, 0.3) is 0 Å².